The van der Waals surface area contributed by atoms with E-state index in [9.17, 15) is 4.79 Å². The van der Waals surface area contributed by atoms with Gasteiger partial charge < -0.3 is 4.74 Å². The van der Waals surface area contributed by atoms with Crippen molar-refractivity contribution in [1.29, 1.82) is 0 Å². The molecule has 0 bridgehead atoms. The van der Waals surface area contributed by atoms with Gasteiger partial charge in [-0.15, -0.1) is 0 Å². The SMILES string of the molecule is COC(=O)N1Cc2cc(Cl)c(Cl)cc2C1. The fraction of sp³-hybridized carbons (Fsp3) is 0.300. The number of rotatable bonds is 0. The number of fused-ring (bicyclic) bond motifs is 1. The predicted molar refractivity (Wildman–Crippen MR) is 58.1 cm³/mol. The highest BCUT2D eigenvalue weighted by atomic mass is 35.5. The molecule has 0 unspecified atom stereocenters. The number of halogens is 2. The molecule has 1 amide bonds. The van der Waals surface area contributed by atoms with Crippen molar-refractivity contribution in [1.82, 2.24) is 4.90 Å². The third-order valence-corrected chi connectivity index (χ3v) is 3.12. The molecule has 1 aromatic rings. The van der Waals surface area contributed by atoms with Crippen molar-refractivity contribution in [2.45, 2.75) is 13.1 Å². The molecule has 1 aromatic carbocycles. The van der Waals surface area contributed by atoms with Gasteiger partial charge >= 0.3 is 6.09 Å². The van der Waals surface area contributed by atoms with Crippen LogP contribution < -0.4 is 0 Å². The summed E-state index contributed by atoms with van der Waals surface area (Å²) in [5, 5.41) is 1.03. The lowest BCUT2D eigenvalue weighted by atomic mass is 10.1. The number of carbonyl (C=O) groups is 1. The molecular formula is C10H9Cl2NO2. The molecule has 0 spiro atoms. The zero-order valence-electron chi connectivity index (χ0n) is 8.09. The summed E-state index contributed by atoms with van der Waals surface area (Å²) in [4.78, 5) is 12.9. The van der Waals surface area contributed by atoms with Gasteiger partial charge in [0.25, 0.3) is 0 Å². The molecule has 15 heavy (non-hydrogen) atoms. The molecule has 0 atom stereocenters. The number of ether oxygens (including phenoxy) is 1. The second-order valence-corrected chi connectivity index (χ2v) is 4.18. The first-order valence-corrected chi connectivity index (χ1v) is 5.17. The Morgan fingerprint density at radius 1 is 1.27 bits per heavy atom. The Hall–Kier alpha value is -0.930. The van der Waals surface area contributed by atoms with E-state index in [1.54, 1.807) is 17.0 Å². The lowest BCUT2D eigenvalue weighted by molar-refractivity contribution is 0.123. The van der Waals surface area contributed by atoms with Crippen LogP contribution in [0.25, 0.3) is 0 Å². The van der Waals surface area contributed by atoms with Crippen LogP contribution in [-0.4, -0.2) is 18.1 Å². The Labute approximate surface area is 97.5 Å². The van der Waals surface area contributed by atoms with Crippen LogP contribution in [0.5, 0.6) is 0 Å². The summed E-state index contributed by atoms with van der Waals surface area (Å²) in [5.41, 5.74) is 2.05. The van der Waals surface area contributed by atoms with Crippen LogP contribution in [0.1, 0.15) is 11.1 Å². The number of carbonyl (C=O) groups excluding carboxylic acids is 1. The molecule has 80 valence electrons. The maximum Gasteiger partial charge on any atom is 0.410 e. The Bertz CT molecular complexity index is 389. The highest BCUT2D eigenvalue weighted by Gasteiger charge is 2.24. The number of methoxy groups -OCH3 is 1. The van der Waals surface area contributed by atoms with Crippen LogP contribution in [0.15, 0.2) is 12.1 Å². The second-order valence-electron chi connectivity index (χ2n) is 3.36. The number of nitrogens with zero attached hydrogens (tertiary/aromatic N) is 1. The van der Waals surface area contributed by atoms with Gasteiger partial charge in [-0.3, -0.25) is 4.90 Å². The van der Waals surface area contributed by atoms with Gasteiger partial charge in [0.15, 0.2) is 0 Å². The van der Waals surface area contributed by atoms with E-state index in [0.717, 1.165) is 11.1 Å². The van der Waals surface area contributed by atoms with Gasteiger partial charge in [-0.1, -0.05) is 23.2 Å². The highest BCUT2D eigenvalue weighted by molar-refractivity contribution is 6.42. The quantitative estimate of drug-likeness (QED) is 0.704. The lowest BCUT2D eigenvalue weighted by Gasteiger charge is -2.12. The minimum Gasteiger partial charge on any atom is -0.453 e. The van der Waals surface area contributed by atoms with Gasteiger partial charge in [0.1, 0.15) is 0 Å². The molecule has 1 aliphatic heterocycles. The second kappa shape index (κ2) is 3.91. The minimum absolute atomic E-state index is 0.335. The fourth-order valence-electron chi connectivity index (χ4n) is 1.65. The van der Waals surface area contributed by atoms with Crippen LogP contribution in [0.2, 0.25) is 10.0 Å². The van der Waals surface area contributed by atoms with Gasteiger partial charge in [0.05, 0.1) is 17.2 Å². The van der Waals surface area contributed by atoms with Gasteiger partial charge in [0.2, 0.25) is 0 Å². The van der Waals surface area contributed by atoms with Crippen LogP contribution >= 0.6 is 23.2 Å². The highest BCUT2D eigenvalue weighted by Crippen LogP contribution is 2.31. The average Bonchev–Trinajstić information content (AvgIpc) is 2.60. The smallest absolute Gasteiger partial charge is 0.410 e. The molecule has 0 saturated heterocycles. The van der Waals surface area contributed by atoms with Crippen molar-refractivity contribution in [2.24, 2.45) is 0 Å². The molecule has 0 radical (unpaired) electrons. The van der Waals surface area contributed by atoms with Crippen molar-refractivity contribution < 1.29 is 9.53 Å². The first-order valence-electron chi connectivity index (χ1n) is 4.41. The fourth-order valence-corrected chi connectivity index (χ4v) is 2.02. The number of hydrogen-bond acceptors (Lipinski definition) is 2. The van der Waals surface area contributed by atoms with Gasteiger partial charge in [-0.2, -0.15) is 0 Å². The molecule has 0 fully saturated rings. The Morgan fingerprint density at radius 2 is 1.73 bits per heavy atom. The van der Waals surface area contributed by atoms with Crippen molar-refractivity contribution in [3.05, 3.63) is 33.3 Å². The Kier molecular flexibility index (Phi) is 2.76. The van der Waals surface area contributed by atoms with E-state index in [4.69, 9.17) is 23.2 Å². The maximum atomic E-state index is 11.3. The standard InChI is InChI=1S/C10H9Cl2NO2/c1-15-10(14)13-4-6-2-8(11)9(12)3-7(6)5-13/h2-3H,4-5H2,1H3. The van der Waals surface area contributed by atoms with E-state index in [1.165, 1.54) is 7.11 Å². The monoisotopic (exact) mass is 245 g/mol. The summed E-state index contributed by atoms with van der Waals surface area (Å²) < 4.78 is 4.65. The summed E-state index contributed by atoms with van der Waals surface area (Å²) >= 11 is 11.8. The molecule has 1 heterocycles. The summed E-state index contributed by atoms with van der Waals surface area (Å²) in [6.45, 7) is 1.05. The molecule has 0 aromatic heterocycles. The normalized spacial score (nSPS) is 13.9. The van der Waals surface area contributed by atoms with E-state index in [-0.39, 0.29) is 6.09 Å². The Balaban J connectivity index is 2.27. The van der Waals surface area contributed by atoms with Crippen LogP contribution in [0.4, 0.5) is 4.79 Å². The molecule has 0 N–H and O–H groups in total. The van der Waals surface area contributed by atoms with Gasteiger partial charge in [-0.05, 0) is 23.3 Å². The predicted octanol–water partition coefficient (Wildman–Crippen LogP) is 3.08. The maximum absolute atomic E-state index is 11.3. The number of hydrogen-bond donors (Lipinski definition) is 0. The van der Waals surface area contributed by atoms with E-state index in [2.05, 4.69) is 4.74 Å². The number of amides is 1. The average molecular weight is 246 g/mol. The van der Waals surface area contributed by atoms with Gasteiger partial charge in [0, 0.05) is 13.1 Å². The molecular weight excluding hydrogens is 237 g/mol. The topological polar surface area (TPSA) is 29.5 Å². The number of benzene rings is 1. The summed E-state index contributed by atoms with van der Waals surface area (Å²) in [6.07, 6.45) is -0.335. The van der Waals surface area contributed by atoms with Crippen LogP contribution in [0.3, 0.4) is 0 Å². The third-order valence-electron chi connectivity index (χ3n) is 2.40. The lowest BCUT2D eigenvalue weighted by Crippen LogP contribution is -2.24. The largest absolute Gasteiger partial charge is 0.453 e. The van der Waals surface area contributed by atoms with Crippen LogP contribution in [-0.2, 0) is 17.8 Å². The van der Waals surface area contributed by atoms with Gasteiger partial charge in [-0.25, -0.2) is 4.79 Å². The van der Waals surface area contributed by atoms with Crippen molar-refractivity contribution >= 4 is 29.3 Å². The van der Waals surface area contributed by atoms with Crippen molar-refractivity contribution in [3.8, 4) is 0 Å². The molecule has 1 aliphatic rings. The minimum atomic E-state index is -0.335. The first-order chi connectivity index (χ1) is 7.11. The first kappa shape index (κ1) is 10.6. The van der Waals surface area contributed by atoms with E-state index < -0.39 is 0 Å². The van der Waals surface area contributed by atoms with Crippen molar-refractivity contribution in [3.63, 3.8) is 0 Å². The Morgan fingerprint density at radius 3 is 2.13 bits per heavy atom. The zero-order valence-corrected chi connectivity index (χ0v) is 9.60. The summed E-state index contributed by atoms with van der Waals surface area (Å²) in [5.74, 6) is 0. The summed E-state index contributed by atoms with van der Waals surface area (Å²) in [7, 11) is 1.37. The van der Waals surface area contributed by atoms with E-state index in [0.29, 0.717) is 23.1 Å². The van der Waals surface area contributed by atoms with E-state index >= 15 is 0 Å². The molecule has 0 aliphatic carbocycles. The summed E-state index contributed by atoms with van der Waals surface area (Å²) in [6, 6.07) is 3.59. The molecule has 3 nitrogen and oxygen atoms in total. The molecule has 5 heteroatoms. The van der Waals surface area contributed by atoms with E-state index in [1.807, 2.05) is 0 Å². The van der Waals surface area contributed by atoms with Crippen molar-refractivity contribution in [2.75, 3.05) is 7.11 Å². The molecule has 0 saturated carbocycles. The zero-order chi connectivity index (χ0) is 11.0. The third kappa shape index (κ3) is 1.90. The van der Waals surface area contributed by atoms with Crippen LogP contribution in [0, 0.1) is 0 Å². The molecule has 2 rings (SSSR count).